The molecule has 0 heterocycles. The van der Waals surface area contributed by atoms with Crippen molar-refractivity contribution in [2.45, 2.75) is 116 Å². The molecule has 0 N–H and O–H groups in total. The van der Waals surface area contributed by atoms with Gasteiger partial charge < -0.3 is 14.2 Å². The number of hydrogen-bond donors (Lipinski definition) is 0. The van der Waals surface area contributed by atoms with Gasteiger partial charge in [-0.1, -0.05) is 64.7 Å². The van der Waals surface area contributed by atoms with Crippen LogP contribution in [0.1, 0.15) is 103 Å². The minimum Gasteiger partial charge on any atom is -0.331 e. The van der Waals surface area contributed by atoms with Crippen molar-refractivity contribution < 1.29 is 27.4 Å². The fourth-order valence-electron chi connectivity index (χ4n) is 4.42. The Morgan fingerprint density at radius 3 is 1.79 bits per heavy atom. The molecule has 1 unspecified atom stereocenters. The molecule has 1 aromatic rings. The summed E-state index contributed by atoms with van der Waals surface area (Å²) in [4.78, 5) is 0. The van der Waals surface area contributed by atoms with Crippen LogP contribution in [0.15, 0.2) is 12.1 Å². The van der Waals surface area contributed by atoms with Crippen molar-refractivity contribution in [3.63, 3.8) is 0 Å². The third-order valence-electron chi connectivity index (χ3n) is 6.21. The van der Waals surface area contributed by atoms with Gasteiger partial charge in [-0.05, 0) is 51.2 Å². The summed E-state index contributed by atoms with van der Waals surface area (Å²) in [5.74, 6) is -3.75. The predicted octanol–water partition coefficient (Wildman–Crippen LogP) is 8.34. The van der Waals surface area contributed by atoms with Crippen molar-refractivity contribution in [3.8, 4) is 0 Å². The highest BCUT2D eigenvalue weighted by molar-refractivity contribution is 5.20. The molecule has 33 heavy (non-hydrogen) atoms. The average Bonchev–Trinajstić information content (AvgIpc) is 2.78. The van der Waals surface area contributed by atoms with Gasteiger partial charge in [-0.3, -0.25) is 0 Å². The van der Waals surface area contributed by atoms with Crippen LogP contribution in [0, 0.1) is 23.4 Å². The van der Waals surface area contributed by atoms with Crippen molar-refractivity contribution in [3.05, 3.63) is 35.1 Å². The molecule has 0 aliphatic heterocycles. The second-order valence-corrected chi connectivity index (χ2v) is 9.24. The average molecular weight is 475 g/mol. The van der Waals surface area contributed by atoms with Gasteiger partial charge in [0.1, 0.15) is 5.82 Å². The second kappa shape index (κ2) is 16.5. The molecule has 0 aliphatic rings. The first-order chi connectivity index (χ1) is 15.8. The predicted molar refractivity (Wildman–Crippen MR) is 128 cm³/mol. The van der Waals surface area contributed by atoms with Gasteiger partial charge in [0, 0.05) is 26.2 Å². The monoisotopic (exact) mass is 474 g/mol. The van der Waals surface area contributed by atoms with Crippen LogP contribution >= 0.6 is 0 Å². The first-order valence-electron chi connectivity index (χ1n) is 12.7. The zero-order valence-corrected chi connectivity index (χ0v) is 21.4. The van der Waals surface area contributed by atoms with Crippen LogP contribution in [0.25, 0.3) is 0 Å². The molecule has 0 amide bonds. The van der Waals surface area contributed by atoms with Crippen molar-refractivity contribution in [2.24, 2.45) is 5.92 Å². The maximum absolute atomic E-state index is 13.8. The van der Waals surface area contributed by atoms with E-state index in [1.807, 2.05) is 13.8 Å². The molecule has 1 rings (SSSR count). The molecule has 0 spiro atoms. The highest BCUT2D eigenvalue weighted by atomic mass is 19.2. The van der Waals surface area contributed by atoms with E-state index in [2.05, 4.69) is 6.92 Å². The molecule has 0 radical (unpaired) electrons. The van der Waals surface area contributed by atoms with Crippen LogP contribution in [0.5, 0.6) is 0 Å². The zero-order valence-electron chi connectivity index (χ0n) is 21.4. The minimum absolute atomic E-state index is 0.0250. The van der Waals surface area contributed by atoms with E-state index in [-0.39, 0.29) is 17.6 Å². The van der Waals surface area contributed by atoms with E-state index < -0.39 is 23.4 Å². The second-order valence-electron chi connectivity index (χ2n) is 9.24. The number of unbranched alkanes of at least 4 members (excludes halogenated alkanes) is 8. The number of ether oxygens (including phenoxy) is 3. The summed E-state index contributed by atoms with van der Waals surface area (Å²) >= 11 is 0. The topological polar surface area (TPSA) is 27.7 Å². The van der Waals surface area contributed by atoms with Crippen molar-refractivity contribution in [2.75, 3.05) is 14.2 Å². The number of halogens is 3. The molecule has 0 bridgehead atoms. The largest absolute Gasteiger partial charge is 0.331 e. The summed E-state index contributed by atoms with van der Waals surface area (Å²) < 4.78 is 57.9. The summed E-state index contributed by atoms with van der Waals surface area (Å²) in [5, 5.41) is 0. The molecule has 1 aromatic carbocycles. The molecule has 192 valence electrons. The van der Waals surface area contributed by atoms with Crippen LogP contribution < -0.4 is 0 Å². The quantitative estimate of drug-likeness (QED) is 0.115. The fraction of sp³-hybridized carbons (Fsp3) is 0.778. The number of benzene rings is 1. The lowest BCUT2D eigenvalue weighted by Crippen LogP contribution is -2.46. The van der Waals surface area contributed by atoms with Gasteiger partial charge in [0.2, 0.25) is 0 Å². The molecule has 6 heteroatoms. The third kappa shape index (κ3) is 10.8. The molecule has 0 saturated heterocycles. The number of methoxy groups -OCH3 is 2. The first-order valence-corrected chi connectivity index (χ1v) is 12.7. The highest BCUT2D eigenvalue weighted by Crippen LogP contribution is 2.34. The standard InChI is InChI=1S/C27H45F3O3/c1-6-7-8-9-10-14-17-23(27(31-4,32-5)33-21(2)3)18-15-12-11-13-16-22-19-25(29)26(30)20-24(22)28/h19-21,23H,6-18H2,1-5H3. The molecule has 0 aromatic heterocycles. The fourth-order valence-corrected chi connectivity index (χ4v) is 4.42. The van der Waals surface area contributed by atoms with Crippen LogP contribution in [0.3, 0.4) is 0 Å². The Bertz CT molecular complexity index is 648. The van der Waals surface area contributed by atoms with E-state index >= 15 is 0 Å². The van der Waals surface area contributed by atoms with E-state index in [9.17, 15) is 13.2 Å². The van der Waals surface area contributed by atoms with Crippen molar-refractivity contribution in [1.82, 2.24) is 0 Å². The van der Waals surface area contributed by atoms with Crippen LogP contribution in [-0.2, 0) is 20.6 Å². The lowest BCUT2D eigenvalue weighted by molar-refractivity contribution is -0.399. The summed E-state index contributed by atoms with van der Waals surface area (Å²) in [7, 11) is 3.27. The molecule has 0 aliphatic carbocycles. The Labute approximate surface area is 199 Å². The summed E-state index contributed by atoms with van der Waals surface area (Å²) in [6.07, 6.45) is 13.2. The van der Waals surface area contributed by atoms with Gasteiger partial charge in [-0.2, -0.15) is 0 Å². The van der Waals surface area contributed by atoms with Gasteiger partial charge in [0.25, 0.3) is 5.97 Å². The third-order valence-corrected chi connectivity index (χ3v) is 6.21. The zero-order chi connectivity index (χ0) is 24.7. The van der Waals surface area contributed by atoms with Gasteiger partial charge in [0.15, 0.2) is 11.6 Å². The number of hydrogen-bond acceptors (Lipinski definition) is 3. The van der Waals surface area contributed by atoms with Crippen molar-refractivity contribution >= 4 is 0 Å². The van der Waals surface area contributed by atoms with Gasteiger partial charge >= 0.3 is 0 Å². The Morgan fingerprint density at radius 1 is 0.727 bits per heavy atom. The van der Waals surface area contributed by atoms with E-state index in [0.717, 1.165) is 51.0 Å². The van der Waals surface area contributed by atoms with Crippen LogP contribution in [0.2, 0.25) is 0 Å². The molecule has 0 fully saturated rings. The smallest absolute Gasteiger partial charge is 0.285 e. The Balaban J connectivity index is 2.55. The van der Waals surface area contributed by atoms with E-state index in [1.165, 1.54) is 32.1 Å². The molecular formula is C27H45F3O3. The maximum Gasteiger partial charge on any atom is 0.285 e. The number of aryl methyl sites for hydroxylation is 1. The van der Waals surface area contributed by atoms with E-state index in [1.54, 1.807) is 14.2 Å². The van der Waals surface area contributed by atoms with Crippen LogP contribution in [0.4, 0.5) is 13.2 Å². The number of rotatable bonds is 19. The molecule has 0 saturated carbocycles. The Kier molecular flexibility index (Phi) is 15.0. The maximum atomic E-state index is 13.8. The summed E-state index contributed by atoms with van der Waals surface area (Å²) in [5.41, 5.74) is 0.234. The lowest BCUT2D eigenvalue weighted by Gasteiger charge is -2.39. The molecular weight excluding hydrogens is 429 g/mol. The van der Waals surface area contributed by atoms with Crippen molar-refractivity contribution in [1.29, 1.82) is 0 Å². The summed E-state index contributed by atoms with van der Waals surface area (Å²) in [6, 6.07) is 1.59. The van der Waals surface area contributed by atoms with Gasteiger partial charge in [-0.25, -0.2) is 13.2 Å². The minimum atomic E-state index is -1.14. The lowest BCUT2D eigenvalue weighted by atomic mass is 9.91. The highest BCUT2D eigenvalue weighted by Gasteiger charge is 2.41. The van der Waals surface area contributed by atoms with E-state index in [0.29, 0.717) is 12.5 Å². The van der Waals surface area contributed by atoms with E-state index in [4.69, 9.17) is 14.2 Å². The SMILES string of the molecule is CCCCCCCCC(CCCCCCc1cc(F)c(F)cc1F)C(OC)(OC)OC(C)C. The van der Waals surface area contributed by atoms with Crippen LogP contribution in [-0.4, -0.2) is 26.3 Å². The summed E-state index contributed by atoms with van der Waals surface area (Å²) in [6.45, 7) is 6.18. The first kappa shape index (κ1) is 29.9. The van der Waals surface area contributed by atoms with Gasteiger partial charge in [-0.15, -0.1) is 0 Å². The Hall–Kier alpha value is -1.11. The molecule has 3 nitrogen and oxygen atoms in total. The Morgan fingerprint density at radius 2 is 1.24 bits per heavy atom. The normalized spacial score (nSPS) is 13.1. The van der Waals surface area contributed by atoms with Gasteiger partial charge in [0.05, 0.1) is 6.10 Å². The molecule has 1 atom stereocenters.